The highest BCUT2D eigenvalue weighted by Gasteiger charge is 2.21. The Balaban J connectivity index is 2.21. The molecule has 2 heterocycles. The molecular formula is C13H19N3OS. The predicted octanol–water partition coefficient (Wildman–Crippen LogP) is 3.15. The van der Waals surface area contributed by atoms with Crippen LogP contribution in [0.15, 0.2) is 23.0 Å². The average molecular weight is 265 g/mol. The van der Waals surface area contributed by atoms with Crippen LogP contribution in [-0.4, -0.2) is 16.1 Å². The van der Waals surface area contributed by atoms with Gasteiger partial charge in [0.05, 0.1) is 23.1 Å². The summed E-state index contributed by atoms with van der Waals surface area (Å²) in [5.41, 5.74) is 2.30. The van der Waals surface area contributed by atoms with Gasteiger partial charge in [0.2, 0.25) is 0 Å². The molecule has 0 amide bonds. The number of hydrogen-bond donors (Lipinski definition) is 1. The summed E-state index contributed by atoms with van der Waals surface area (Å²) in [7, 11) is 0. The van der Waals surface area contributed by atoms with E-state index >= 15 is 0 Å². The van der Waals surface area contributed by atoms with E-state index in [-0.39, 0.29) is 6.04 Å². The van der Waals surface area contributed by atoms with Crippen molar-refractivity contribution < 1.29 is 4.42 Å². The Kier molecular flexibility index (Phi) is 4.49. The van der Waals surface area contributed by atoms with E-state index in [2.05, 4.69) is 35.7 Å². The van der Waals surface area contributed by atoms with E-state index in [0.29, 0.717) is 5.92 Å². The highest BCUT2D eigenvalue weighted by molar-refractivity contribution is 7.05. The molecule has 1 unspecified atom stereocenters. The van der Waals surface area contributed by atoms with Crippen molar-refractivity contribution in [1.82, 2.24) is 14.9 Å². The highest BCUT2D eigenvalue weighted by atomic mass is 32.1. The molecule has 1 N–H and O–H groups in total. The molecule has 0 aromatic carbocycles. The van der Waals surface area contributed by atoms with Crippen LogP contribution in [0.25, 0.3) is 0 Å². The second-order valence-electron chi connectivity index (χ2n) is 4.62. The van der Waals surface area contributed by atoms with E-state index in [1.165, 1.54) is 22.0 Å². The van der Waals surface area contributed by atoms with Gasteiger partial charge in [-0.2, -0.15) is 0 Å². The molecule has 2 aromatic heterocycles. The van der Waals surface area contributed by atoms with Gasteiger partial charge in [0.1, 0.15) is 0 Å². The number of rotatable bonds is 6. The van der Waals surface area contributed by atoms with Crippen LogP contribution in [0.4, 0.5) is 0 Å². The van der Waals surface area contributed by atoms with Crippen LogP contribution in [0.2, 0.25) is 0 Å². The van der Waals surface area contributed by atoms with Crippen LogP contribution in [-0.2, 0) is 6.42 Å². The Morgan fingerprint density at radius 1 is 1.44 bits per heavy atom. The van der Waals surface area contributed by atoms with Crippen LogP contribution in [0, 0.1) is 0 Å². The second kappa shape index (κ2) is 6.11. The Morgan fingerprint density at radius 3 is 2.89 bits per heavy atom. The van der Waals surface area contributed by atoms with E-state index in [1.807, 2.05) is 6.07 Å². The van der Waals surface area contributed by atoms with Crippen molar-refractivity contribution in [1.29, 1.82) is 0 Å². The summed E-state index contributed by atoms with van der Waals surface area (Å²) in [4.78, 5) is 1.24. The summed E-state index contributed by atoms with van der Waals surface area (Å²) in [5.74, 6) is 0.407. The minimum absolute atomic E-state index is 0.269. The molecule has 0 radical (unpaired) electrons. The summed E-state index contributed by atoms with van der Waals surface area (Å²) >= 11 is 1.49. The lowest BCUT2D eigenvalue weighted by molar-refractivity contribution is 0.534. The van der Waals surface area contributed by atoms with Crippen molar-refractivity contribution in [3.63, 3.8) is 0 Å². The minimum atomic E-state index is 0.269. The van der Waals surface area contributed by atoms with Gasteiger partial charge < -0.3 is 9.73 Å². The molecule has 0 saturated heterocycles. The van der Waals surface area contributed by atoms with Gasteiger partial charge in [-0.25, -0.2) is 0 Å². The molecule has 0 aliphatic carbocycles. The number of hydrogen-bond acceptors (Lipinski definition) is 5. The molecule has 1 atom stereocenters. The van der Waals surface area contributed by atoms with Gasteiger partial charge in [-0.15, -0.1) is 5.10 Å². The summed E-state index contributed by atoms with van der Waals surface area (Å²) in [6.45, 7) is 7.35. The molecule has 2 rings (SSSR count). The molecule has 18 heavy (non-hydrogen) atoms. The molecule has 0 saturated carbocycles. The van der Waals surface area contributed by atoms with Crippen molar-refractivity contribution >= 4 is 11.5 Å². The molecule has 0 bridgehead atoms. The van der Waals surface area contributed by atoms with Crippen LogP contribution in [0.1, 0.15) is 48.9 Å². The minimum Gasteiger partial charge on any atom is -0.472 e. The fraction of sp³-hybridized carbons (Fsp3) is 0.538. The average Bonchev–Trinajstić information content (AvgIpc) is 2.99. The van der Waals surface area contributed by atoms with Gasteiger partial charge >= 0.3 is 0 Å². The number of nitrogens with zero attached hydrogens (tertiary/aromatic N) is 2. The van der Waals surface area contributed by atoms with Crippen LogP contribution in [0.5, 0.6) is 0 Å². The third kappa shape index (κ3) is 2.97. The largest absolute Gasteiger partial charge is 0.472 e. The standard InChI is InChI=1S/C13H19N3OS/c1-4-14-11(7-10-5-6-17-8-10)13-12(9(2)3)15-16-18-13/h5-6,8-9,11,14H,4,7H2,1-3H3. The van der Waals surface area contributed by atoms with Crippen LogP contribution < -0.4 is 5.32 Å². The van der Waals surface area contributed by atoms with Gasteiger partial charge in [0.15, 0.2) is 0 Å². The van der Waals surface area contributed by atoms with Gasteiger partial charge in [-0.3, -0.25) is 0 Å². The van der Waals surface area contributed by atoms with Crippen molar-refractivity contribution in [2.45, 2.75) is 39.2 Å². The first-order chi connectivity index (χ1) is 8.72. The van der Waals surface area contributed by atoms with Gasteiger partial charge in [-0.05, 0) is 42.0 Å². The van der Waals surface area contributed by atoms with Gasteiger partial charge in [0.25, 0.3) is 0 Å². The summed E-state index contributed by atoms with van der Waals surface area (Å²) in [5, 5.41) is 7.76. The van der Waals surface area contributed by atoms with E-state index in [4.69, 9.17) is 4.42 Å². The highest BCUT2D eigenvalue weighted by Crippen LogP contribution is 2.28. The molecule has 0 spiro atoms. The maximum Gasteiger partial charge on any atom is 0.0935 e. The summed E-state index contributed by atoms with van der Waals surface area (Å²) in [6.07, 6.45) is 4.43. The Morgan fingerprint density at radius 2 is 2.28 bits per heavy atom. The number of likely N-dealkylation sites (N-methyl/N-ethyl adjacent to an activating group) is 1. The molecule has 0 fully saturated rings. The van der Waals surface area contributed by atoms with Crippen molar-refractivity contribution in [2.24, 2.45) is 0 Å². The number of furan rings is 1. The zero-order valence-electron chi connectivity index (χ0n) is 11.0. The SMILES string of the molecule is CCNC(Cc1ccoc1)c1snnc1C(C)C. The lowest BCUT2D eigenvalue weighted by Crippen LogP contribution is -2.23. The maximum atomic E-state index is 5.13. The zero-order valence-corrected chi connectivity index (χ0v) is 11.8. The van der Waals surface area contributed by atoms with Crippen molar-refractivity contribution in [2.75, 3.05) is 6.54 Å². The normalized spacial score (nSPS) is 13.1. The van der Waals surface area contributed by atoms with E-state index in [9.17, 15) is 0 Å². The quantitative estimate of drug-likeness (QED) is 0.871. The predicted molar refractivity (Wildman–Crippen MR) is 72.8 cm³/mol. The molecular weight excluding hydrogens is 246 g/mol. The Hall–Kier alpha value is -1.20. The number of nitrogens with one attached hydrogen (secondary N) is 1. The van der Waals surface area contributed by atoms with E-state index in [1.54, 1.807) is 12.5 Å². The molecule has 4 nitrogen and oxygen atoms in total. The lowest BCUT2D eigenvalue weighted by atomic mass is 10.0. The first-order valence-corrected chi connectivity index (χ1v) is 7.06. The topological polar surface area (TPSA) is 51.0 Å². The van der Waals surface area contributed by atoms with E-state index in [0.717, 1.165) is 18.7 Å². The lowest BCUT2D eigenvalue weighted by Gasteiger charge is -2.17. The van der Waals surface area contributed by atoms with Crippen LogP contribution >= 0.6 is 11.5 Å². The first kappa shape index (κ1) is 13.2. The monoisotopic (exact) mass is 265 g/mol. The second-order valence-corrected chi connectivity index (χ2v) is 5.41. The fourth-order valence-electron chi connectivity index (χ4n) is 2.00. The summed E-state index contributed by atoms with van der Waals surface area (Å²) in [6, 6.07) is 2.28. The molecule has 98 valence electrons. The number of aromatic nitrogens is 2. The van der Waals surface area contributed by atoms with E-state index < -0.39 is 0 Å². The van der Waals surface area contributed by atoms with Gasteiger partial charge in [0, 0.05) is 6.04 Å². The van der Waals surface area contributed by atoms with Gasteiger partial charge in [-0.1, -0.05) is 25.3 Å². The molecule has 5 heteroatoms. The van der Waals surface area contributed by atoms with Crippen molar-refractivity contribution in [3.05, 3.63) is 34.7 Å². The Labute approximate surface area is 112 Å². The maximum absolute atomic E-state index is 5.13. The summed E-state index contributed by atoms with van der Waals surface area (Å²) < 4.78 is 9.24. The zero-order chi connectivity index (χ0) is 13.0. The Bertz CT molecular complexity index is 464. The third-order valence-electron chi connectivity index (χ3n) is 2.87. The van der Waals surface area contributed by atoms with Crippen molar-refractivity contribution in [3.8, 4) is 0 Å². The molecule has 0 aliphatic rings. The smallest absolute Gasteiger partial charge is 0.0935 e. The van der Waals surface area contributed by atoms with Crippen LogP contribution in [0.3, 0.4) is 0 Å². The first-order valence-electron chi connectivity index (χ1n) is 6.29. The fourth-order valence-corrected chi connectivity index (χ4v) is 2.88. The molecule has 0 aliphatic heterocycles. The third-order valence-corrected chi connectivity index (χ3v) is 3.73. The molecule has 2 aromatic rings.